The van der Waals surface area contributed by atoms with Crippen LogP contribution in [0, 0.1) is 0 Å². The Morgan fingerprint density at radius 1 is 1.05 bits per heavy atom. The summed E-state index contributed by atoms with van der Waals surface area (Å²) in [6, 6.07) is 18.1. The van der Waals surface area contributed by atoms with E-state index in [1.165, 1.54) is 4.70 Å². The second-order valence-electron chi connectivity index (χ2n) is 4.19. The number of thiocarbonyl (C=S) groups is 1. The summed E-state index contributed by atoms with van der Waals surface area (Å²) in [6.45, 7) is 0. The number of anilines is 1. The van der Waals surface area contributed by atoms with Crippen LogP contribution in [0.5, 0.6) is 0 Å². The smallest absolute Gasteiger partial charge is 0.191 e. The summed E-state index contributed by atoms with van der Waals surface area (Å²) in [5, 5.41) is 0.926. The minimum absolute atomic E-state index is 0.791. The topological polar surface area (TPSA) is 16.1 Å². The van der Waals surface area contributed by atoms with E-state index in [2.05, 4.69) is 11.1 Å². The molecule has 0 fully saturated rings. The van der Waals surface area contributed by atoms with Gasteiger partial charge in [-0.2, -0.15) is 0 Å². The maximum atomic E-state index is 5.52. The van der Waals surface area contributed by atoms with E-state index >= 15 is 0 Å². The van der Waals surface area contributed by atoms with Gasteiger partial charge in [-0.3, -0.25) is 0 Å². The molecule has 0 saturated heterocycles. The van der Waals surface area contributed by atoms with Crippen LogP contribution >= 0.6 is 23.6 Å². The predicted molar refractivity (Wildman–Crippen MR) is 86.2 cm³/mol. The minimum Gasteiger partial charge on any atom is -0.311 e. The average Bonchev–Trinajstić information content (AvgIpc) is 2.90. The molecular weight excluding hydrogens is 272 g/mol. The van der Waals surface area contributed by atoms with E-state index in [1.807, 2.05) is 60.5 Å². The Kier molecular flexibility index (Phi) is 3.27. The number of hydrogen-bond donors (Lipinski definition) is 0. The fraction of sp³-hybridized carbons (Fsp3) is 0.0667. The second-order valence-corrected chi connectivity index (χ2v) is 5.59. The van der Waals surface area contributed by atoms with Crippen molar-refractivity contribution in [3.8, 4) is 0 Å². The fourth-order valence-corrected chi connectivity index (χ4v) is 3.08. The second kappa shape index (κ2) is 5.07. The number of hydrogen-bond acceptors (Lipinski definition) is 3. The molecule has 0 aliphatic heterocycles. The maximum absolute atomic E-state index is 5.52. The standard InChI is InChI=1S/C15H12N2S2/c1-17(14(18)11-7-3-2-4-8-11)15-16-12-9-5-6-10-13(12)19-15/h2-10H,1H3. The van der Waals surface area contributed by atoms with Crippen molar-refractivity contribution < 1.29 is 0 Å². The molecule has 4 heteroatoms. The first-order valence-electron chi connectivity index (χ1n) is 5.94. The zero-order valence-corrected chi connectivity index (χ0v) is 12.0. The molecular formula is C15H12N2S2. The molecule has 1 aromatic heterocycles. The van der Waals surface area contributed by atoms with E-state index < -0.39 is 0 Å². The third-order valence-corrected chi connectivity index (χ3v) is 4.52. The summed E-state index contributed by atoms with van der Waals surface area (Å²) in [4.78, 5) is 7.38. The van der Waals surface area contributed by atoms with Gasteiger partial charge in [0.25, 0.3) is 0 Å². The zero-order chi connectivity index (χ0) is 13.2. The van der Waals surface area contributed by atoms with Gasteiger partial charge in [0.15, 0.2) is 5.13 Å². The molecule has 0 aliphatic rings. The molecule has 0 N–H and O–H groups in total. The van der Waals surface area contributed by atoms with Crippen molar-refractivity contribution in [1.29, 1.82) is 0 Å². The molecule has 2 nitrogen and oxygen atoms in total. The maximum Gasteiger partial charge on any atom is 0.191 e. The van der Waals surface area contributed by atoms with E-state index in [0.29, 0.717) is 0 Å². The molecule has 0 amide bonds. The third kappa shape index (κ3) is 2.37. The lowest BCUT2D eigenvalue weighted by molar-refractivity contribution is 1.25. The van der Waals surface area contributed by atoms with Crippen molar-refractivity contribution in [3.05, 3.63) is 60.2 Å². The van der Waals surface area contributed by atoms with Gasteiger partial charge in [-0.15, -0.1) is 0 Å². The first-order chi connectivity index (χ1) is 9.25. The van der Waals surface area contributed by atoms with Crippen LogP contribution in [-0.4, -0.2) is 17.0 Å². The van der Waals surface area contributed by atoms with Gasteiger partial charge in [-0.25, -0.2) is 4.98 Å². The summed E-state index contributed by atoms with van der Waals surface area (Å²) in [5.74, 6) is 0. The average molecular weight is 284 g/mol. The van der Waals surface area contributed by atoms with Gasteiger partial charge >= 0.3 is 0 Å². The molecule has 3 rings (SSSR count). The Morgan fingerprint density at radius 3 is 2.47 bits per heavy atom. The Morgan fingerprint density at radius 2 is 1.74 bits per heavy atom. The lowest BCUT2D eigenvalue weighted by Gasteiger charge is -2.16. The normalized spacial score (nSPS) is 10.6. The number of benzene rings is 2. The van der Waals surface area contributed by atoms with Gasteiger partial charge in [0, 0.05) is 12.6 Å². The number of thiazole rings is 1. The number of nitrogens with zero attached hydrogens (tertiary/aromatic N) is 2. The van der Waals surface area contributed by atoms with Gasteiger partial charge in [0.2, 0.25) is 0 Å². The summed E-state index contributed by atoms with van der Waals surface area (Å²) in [6.07, 6.45) is 0. The van der Waals surface area contributed by atoms with Crippen LogP contribution in [0.2, 0.25) is 0 Å². The molecule has 0 saturated carbocycles. The van der Waals surface area contributed by atoms with Crippen LogP contribution in [0.1, 0.15) is 5.56 Å². The molecule has 0 aliphatic carbocycles. The monoisotopic (exact) mass is 284 g/mol. The fourth-order valence-electron chi connectivity index (χ4n) is 1.86. The highest BCUT2D eigenvalue weighted by molar-refractivity contribution is 7.81. The van der Waals surface area contributed by atoms with Crippen LogP contribution in [0.3, 0.4) is 0 Å². The number of aromatic nitrogens is 1. The molecule has 94 valence electrons. The van der Waals surface area contributed by atoms with E-state index in [0.717, 1.165) is 21.2 Å². The molecule has 3 aromatic rings. The van der Waals surface area contributed by atoms with E-state index in [9.17, 15) is 0 Å². The summed E-state index contributed by atoms with van der Waals surface area (Å²) in [7, 11) is 1.97. The van der Waals surface area contributed by atoms with E-state index in [1.54, 1.807) is 11.3 Å². The highest BCUT2D eigenvalue weighted by atomic mass is 32.1. The largest absolute Gasteiger partial charge is 0.311 e. The summed E-state index contributed by atoms with van der Waals surface area (Å²) < 4.78 is 1.18. The summed E-state index contributed by atoms with van der Waals surface area (Å²) in [5.41, 5.74) is 2.06. The quantitative estimate of drug-likeness (QED) is 0.659. The Labute approximate surface area is 121 Å². The molecule has 2 aromatic carbocycles. The van der Waals surface area contributed by atoms with Crippen molar-refractivity contribution in [2.45, 2.75) is 0 Å². The van der Waals surface area contributed by atoms with E-state index in [4.69, 9.17) is 12.2 Å². The Hall–Kier alpha value is -1.78. The van der Waals surface area contributed by atoms with Crippen LogP contribution in [0.25, 0.3) is 10.2 Å². The molecule has 0 atom stereocenters. The van der Waals surface area contributed by atoms with Crippen LogP contribution < -0.4 is 4.90 Å². The van der Waals surface area contributed by atoms with Crippen molar-refractivity contribution in [1.82, 2.24) is 4.98 Å². The van der Waals surface area contributed by atoms with Crippen molar-refractivity contribution >= 4 is 43.9 Å². The minimum atomic E-state index is 0.791. The first kappa shape index (κ1) is 12.3. The van der Waals surface area contributed by atoms with E-state index in [-0.39, 0.29) is 0 Å². The van der Waals surface area contributed by atoms with Gasteiger partial charge in [-0.05, 0) is 12.1 Å². The van der Waals surface area contributed by atoms with Gasteiger partial charge in [-0.1, -0.05) is 66.0 Å². The molecule has 0 bridgehead atoms. The van der Waals surface area contributed by atoms with Crippen molar-refractivity contribution in [2.75, 3.05) is 11.9 Å². The SMILES string of the molecule is CN(C(=S)c1ccccc1)c1nc2ccccc2s1. The third-order valence-electron chi connectivity index (χ3n) is 2.89. The lowest BCUT2D eigenvalue weighted by Crippen LogP contribution is -2.24. The molecule has 0 unspecified atom stereocenters. The lowest BCUT2D eigenvalue weighted by atomic mass is 10.2. The molecule has 19 heavy (non-hydrogen) atoms. The predicted octanol–water partition coefficient (Wildman–Crippen LogP) is 4.11. The molecule has 1 heterocycles. The van der Waals surface area contributed by atoms with Gasteiger partial charge in [0.05, 0.1) is 10.2 Å². The first-order valence-corrected chi connectivity index (χ1v) is 7.17. The number of fused-ring (bicyclic) bond motifs is 1. The highest BCUT2D eigenvalue weighted by Gasteiger charge is 2.13. The van der Waals surface area contributed by atoms with Crippen LogP contribution in [-0.2, 0) is 0 Å². The van der Waals surface area contributed by atoms with Crippen molar-refractivity contribution in [3.63, 3.8) is 0 Å². The van der Waals surface area contributed by atoms with Gasteiger partial charge in [0.1, 0.15) is 4.99 Å². The highest BCUT2D eigenvalue weighted by Crippen LogP contribution is 2.28. The summed E-state index contributed by atoms with van der Waals surface area (Å²) >= 11 is 7.18. The van der Waals surface area contributed by atoms with Gasteiger partial charge < -0.3 is 4.90 Å². The zero-order valence-electron chi connectivity index (χ0n) is 10.4. The molecule has 0 radical (unpaired) electrons. The Balaban J connectivity index is 1.95. The Bertz CT molecular complexity index is 686. The molecule has 0 spiro atoms. The van der Waals surface area contributed by atoms with Crippen LogP contribution in [0.4, 0.5) is 5.13 Å². The van der Waals surface area contributed by atoms with Crippen LogP contribution in [0.15, 0.2) is 54.6 Å². The van der Waals surface area contributed by atoms with Crippen molar-refractivity contribution in [2.24, 2.45) is 0 Å². The number of para-hydroxylation sites is 1. The number of rotatable bonds is 2.